The number of ether oxygens (including phenoxy) is 2. The van der Waals surface area contributed by atoms with Gasteiger partial charge in [-0.2, -0.15) is 0 Å². The van der Waals surface area contributed by atoms with E-state index >= 15 is 0 Å². The molecule has 1 heterocycles. The fourth-order valence-electron chi connectivity index (χ4n) is 2.02. The van der Waals surface area contributed by atoms with E-state index in [2.05, 4.69) is 5.32 Å². The molecule has 1 amide bonds. The van der Waals surface area contributed by atoms with E-state index in [4.69, 9.17) is 26.8 Å². The molecule has 0 unspecified atom stereocenters. The highest BCUT2D eigenvalue weighted by molar-refractivity contribution is 6.34. The molecule has 0 radical (unpaired) electrons. The summed E-state index contributed by atoms with van der Waals surface area (Å²) in [6, 6.07) is 3.21. The molecule has 1 aliphatic heterocycles. The Hall–Kier alpha value is -1.46. The van der Waals surface area contributed by atoms with Crippen LogP contribution in [0.4, 0.5) is 5.69 Å². The number of hydrogen-bond donors (Lipinski definition) is 2. The average Bonchev–Trinajstić information content (AvgIpc) is 2.40. The number of benzene rings is 1. The Balaban J connectivity index is 2.13. The minimum absolute atomic E-state index is 0.126. The van der Waals surface area contributed by atoms with E-state index in [1.54, 1.807) is 6.07 Å². The minimum Gasteiger partial charge on any atom is -0.495 e. The summed E-state index contributed by atoms with van der Waals surface area (Å²) in [7, 11) is 1.50. The zero-order valence-corrected chi connectivity index (χ0v) is 11.5. The number of carbonyl (C=O) groups excluding carboxylic acids is 1. The highest BCUT2D eigenvalue weighted by Gasteiger charge is 2.19. The topological polar surface area (TPSA) is 73.6 Å². The molecule has 1 aliphatic rings. The molecule has 0 aromatic heterocycles. The van der Waals surface area contributed by atoms with Crippen molar-refractivity contribution in [1.29, 1.82) is 0 Å². The third kappa shape index (κ3) is 3.30. The molecule has 1 aromatic carbocycles. The van der Waals surface area contributed by atoms with E-state index in [1.165, 1.54) is 13.2 Å². The Morgan fingerprint density at radius 2 is 2.16 bits per heavy atom. The van der Waals surface area contributed by atoms with Gasteiger partial charge in [-0.05, 0) is 25.0 Å². The van der Waals surface area contributed by atoms with Crippen LogP contribution in [0.15, 0.2) is 12.1 Å². The second kappa shape index (κ2) is 6.12. The van der Waals surface area contributed by atoms with E-state index in [0.717, 1.165) is 12.8 Å². The summed E-state index contributed by atoms with van der Waals surface area (Å²) in [5, 5.41) is 3.27. The zero-order chi connectivity index (χ0) is 13.8. The Labute approximate surface area is 117 Å². The van der Waals surface area contributed by atoms with Gasteiger partial charge >= 0.3 is 0 Å². The van der Waals surface area contributed by atoms with Crippen molar-refractivity contribution < 1.29 is 14.3 Å². The smallest absolute Gasteiger partial charge is 0.253 e. The van der Waals surface area contributed by atoms with Gasteiger partial charge in [0.2, 0.25) is 0 Å². The molecular formula is C13H17ClN2O3. The van der Waals surface area contributed by atoms with Gasteiger partial charge in [0.15, 0.2) is 0 Å². The summed E-state index contributed by atoms with van der Waals surface area (Å²) in [5.74, 6) is 0.233. The van der Waals surface area contributed by atoms with Crippen molar-refractivity contribution >= 4 is 23.2 Å². The molecule has 0 bridgehead atoms. The molecule has 1 saturated heterocycles. The minimum atomic E-state index is -0.213. The first-order valence-electron chi connectivity index (χ1n) is 6.13. The van der Waals surface area contributed by atoms with Crippen LogP contribution in [0.3, 0.4) is 0 Å². The summed E-state index contributed by atoms with van der Waals surface area (Å²) in [5.41, 5.74) is 6.51. The molecule has 6 heteroatoms. The number of anilines is 1. The van der Waals surface area contributed by atoms with Gasteiger partial charge in [-0.1, -0.05) is 11.6 Å². The van der Waals surface area contributed by atoms with Crippen molar-refractivity contribution in [1.82, 2.24) is 5.32 Å². The standard InChI is InChI=1S/C13H17ClN2O3/c1-18-12-6-9(10(14)7-11(12)15)13(17)16-8-2-4-19-5-3-8/h6-8H,2-5,15H2,1H3,(H,16,17). The normalized spacial score (nSPS) is 16.1. The first-order chi connectivity index (χ1) is 9.11. The van der Waals surface area contributed by atoms with Crippen molar-refractivity contribution in [2.24, 2.45) is 0 Å². The van der Waals surface area contributed by atoms with Crippen LogP contribution in [-0.2, 0) is 4.74 Å². The second-order valence-corrected chi connectivity index (χ2v) is 4.84. The lowest BCUT2D eigenvalue weighted by atomic mass is 10.1. The number of methoxy groups -OCH3 is 1. The molecule has 1 fully saturated rings. The molecule has 0 aliphatic carbocycles. The van der Waals surface area contributed by atoms with E-state index in [1.807, 2.05) is 0 Å². The number of hydrogen-bond acceptors (Lipinski definition) is 4. The molecule has 2 rings (SSSR count). The van der Waals surface area contributed by atoms with Crippen molar-refractivity contribution in [2.75, 3.05) is 26.1 Å². The van der Waals surface area contributed by atoms with Gasteiger partial charge in [0.25, 0.3) is 5.91 Å². The maximum absolute atomic E-state index is 12.2. The van der Waals surface area contributed by atoms with Gasteiger partial charge in [0.05, 0.1) is 23.4 Å². The van der Waals surface area contributed by atoms with Gasteiger partial charge in [-0.25, -0.2) is 0 Å². The number of halogens is 1. The number of nitrogens with two attached hydrogens (primary N) is 1. The maximum atomic E-state index is 12.2. The SMILES string of the molecule is COc1cc(C(=O)NC2CCOCC2)c(Cl)cc1N. The van der Waals surface area contributed by atoms with Crippen molar-refractivity contribution in [3.63, 3.8) is 0 Å². The fourth-order valence-corrected chi connectivity index (χ4v) is 2.28. The molecule has 1 aromatic rings. The molecule has 104 valence electrons. The summed E-state index contributed by atoms with van der Waals surface area (Å²) in [4.78, 5) is 12.2. The Morgan fingerprint density at radius 3 is 2.79 bits per heavy atom. The highest BCUT2D eigenvalue weighted by atomic mass is 35.5. The summed E-state index contributed by atoms with van der Waals surface area (Å²) < 4.78 is 10.3. The van der Waals surface area contributed by atoms with E-state index in [0.29, 0.717) is 35.2 Å². The monoisotopic (exact) mass is 284 g/mol. The van der Waals surface area contributed by atoms with Gasteiger partial charge in [0, 0.05) is 19.3 Å². The third-order valence-corrected chi connectivity index (χ3v) is 3.43. The van der Waals surface area contributed by atoms with Crippen LogP contribution in [0.2, 0.25) is 5.02 Å². The zero-order valence-electron chi connectivity index (χ0n) is 10.7. The number of rotatable bonds is 3. The third-order valence-electron chi connectivity index (χ3n) is 3.12. The predicted octanol–water partition coefficient (Wildman–Crippen LogP) is 1.84. The van der Waals surface area contributed by atoms with E-state index in [-0.39, 0.29) is 11.9 Å². The molecule has 0 saturated carbocycles. The number of amides is 1. The lowest BCUT2D eigenvalue weighted by Gasteiger charge is -2.23. The first-order valence-corrected chi connectivity index (χ1v) is 6.51. The fraction of sp³-hybridized carbons (Fsp3) is 0.462. The van der Waals surface area contributed by atoms with Crippen LogP contribution in [0.5, 0.6) is 5.75 Å². The second-order valence-electron chi connectivity index (χ2n) is 4.43. The van der Waals surface area contributed by atoms with Gasteiger partial charge < -0.3 is 20.5 Å². The number of nitrogens with one attached hydrogen (secondary N) is 1. The predicted molar refractivity (Wildman–Crippen MR) is 73.7 cm³/mol. The van der Waals surface area contributed by atoms with E-state index < -0.39 is 0 Å². The Kier molecular flexibility index (Phi) is 4.50. The van der Waals surface area contributed by atoms with Crippen molar-refractivity contribution in [3.05, 3.63) is 22.7 Å². The maximum Gasteiger partial charge on any atom is 0.253 e. The molecule has 0 spiro atoms. The lowest BCUT2D eigenvalue weighted by Crippen LogP contribution is -2.39. The first kappa shape index (κ1) is 14.0. The average molecular weight is 285 g/mol. The van der Waals surface area contributed by atoms with Crippen LogP contribution < -0.4 is 15.8 Å². The van der Waals surface area contributed by atoms with Crippen LogP contribution in [0.1, 0.15) is 23.2 Å². The summed E-state index contributed by atoms with van der Waals surface area (Å²) in [6.45, 7) is 1.34. The van der Waals surface area contributed by atoms with Crippen LogP contribution >= 0.6 is 11.6 Å². The van der Waals surface area contributed by atoms with Crippen LogP contribution in [0.25, 0.3) is 0 Å². The van der Waals surface area contributed by atoms with Gasteiger partial charge in [-0.15, -0.1) is 0 Å². The Morgan fingerprint density at radius 1 is 1.47 bits per heavy atom. The highest BCUT2D eigenvalue weighted by Crippen LogP contribution is 2.29. The number of nitrogen functional groups attached to an aromatic ring is 1. The summed E-state index contributed by atoms with van der Waals surface area (Å²) in [6.07, 6.45) is 1.63. The van der Waals surface area contributed by atoms with E-state index in [9.17, 15) is 4.79 Å². The van der Waals surface area contributed by atoms with Gasteiger partial charge in [-0.3, -0.25) is 4.79 Å². The molecule has 5 nitrogen and oxygen atoms in total. The molecular weight excluding hydrogens is 268 g/mol. The lowest BCUT2D eigenvalue weighted by molar-refractivity contribution is 0.0696. The van der Waals surface area contributed by atoms with Gasteiger partial charge in [0.1, 0.15) is 5.75 Å². The molecule has 3 N–H and O–H groups in total. The largest absolute Gasteiger partial charge is 0.495 e. The Bertz CT molecular complexity index is 473. The summed E-state index contributed by atoms with van der Waals surface area (Å²) >= 11 is 6.05. The molecule has 0 atom stereocenters. The van der Waals surface area contributed by atoms with Crippen molar-refractivity contribution in [3.8, 4) is 5.75 Å². The number of carbonyl (C=O) groups is 1. The van der Waals surface area contributed by atoms with Crippen LogP contribution in [-0.4, -0.2) is 32.3 Å². The van der Waals surface area contributed by atoms with Crippen LogP contribution in [0, 0.1) is 0 Å². The quantitative estimate of drug-likeness (QED) is 0.831. The van der Waals surface area contributed by atoms with Crippen molar-refractivity contribution in [2.45, 2.75) is 18.9 Å². The molecule has 19 heavy (non-hydrogen) atoms.